The highest BCUT2D eigenvalue weighted by Crippen LogP contribution is 2.27. The summed E-state index contributed by atoms with van der Waals surface area (Å²) in [7, 11) is -0.418. The van der Waals surface area contributed by atoms with Gasteiger partial charge in [0.1, 0.15) is 0 Å². The summed E-state index contributed by atoms with van der Waals surface area (Å²) in [6, 6.07) is 9.91. The second kappa shape index (κ2) is 7.87. The van der Waals surface area contributed by atoms with Crippen molar-refractivity contribution in [3.05, 3.63) is 53.6 Å². The van der Waals surface area contributed by atoms with Gasteiger partial charge in [0.05, 0.1) is 19.1 Å². The van der Waals surface area contributed by atoms with Gasteiger partial charge in [-0.25, -0.2) is 8.42 Å². The van der Waals surface area contributed by atoms with Crippen molar-refractivity contribution >= 4 is 21.7 Å². The fraction of sp³-hybridized carbons (Fsp3) is 0.176. The molecule has 0 atom stereocenters. The van der Waals surface area contributed by atoms with Crippen molar-refractivity contribution in [1.29, 1.82) is 0 Å². The maximum Gasteiger partial charge on any atom is 0.269 e. The molecule has 0 aliphatic rings. The Morgan fingerprint density at radius 3 is 1.81 bits per heavy atom. The van der Waals surface area contributed by atoms with Gasteiger partial charge in [0.15, 0.2) is 21.3 Å². The van der Waals surface area contributed by atoms with Gasteiger partial charge < -0.3 is 9.47 Å². The first-order valence-corrected chi connectivity index (χ1v) is 9.28. The molecule has 2 aromatic carbocycles. The Morgan fingerprint density at radius 1 is 0.808 bits per heavy atom. The number of rotatable bonds is 5. The van der Waals surface area contributed by atoms with Gasteiger partial charge in [0, 0.05) is 17.4 Å². The van der Waals surface area contributed by atoms with Crippen LogP contribution in [0.2, 0.25) is 0 Å². The lowest BCUT2D eigenvalue weighted by atomic mass is 10.2. The molecule has 0 aliphatic heterocycles. The first-order valence-electron chi connectivity index (χ1n) is 7.39. The molecule has 2 N–H and O–H groups in total. The number of hydrogen-bond acceptors (Lipinski definition) is 6. The van der Waals surface area contributed by atoms with Gasteiger partial charge in [-0.1, -0.05) is 0 Å². The van der Waals surface area contributed by atoms with Crippen LogP contribution in [0.5, 0.6) is 11.5 Å². The van der Waals surface area contributed by atoms with Crippen molar-refractivity contribution in [1.82, 2.24) is 10.9 Å². The van der Waals surface area contributed by atoms with Gasteiger partial charge in [0.25, 0.3) is 11.8 Å². The number of carbonyl (C=O) groups excluding carboxylic acids is 2. The maximum absolute atomic E-state index is 12.1. The molecule has 0 saturated heterocycles. The van der Waals surface area contributed by atoms with Crippen LogP contribution in [0.4, 0.5) is 0 Å². The number of hydrazine groups is 1. The molecule has 0 unspecified atom stereocenters. The molecular formula is C17H18N2O6S. The van der Waals surface area contributed by atoms with E-state index in [1.807, 2.05) is 0 Å². The number of nitrogens with one attached hydrogen (secondary N) is 2. The maximum atomic E-state index is 12.1. The summed E-state index contributed by atoms with van der Waals surface area (Å²) >= 11 is 0. The number of methoxy groups -OCH3 is 2. The van der Waals surface area contributed by atoms with Crippen molar-refractivity contribution < 1.29 is 27.5 Å². The number of carbonyl (C=O) groups is 2. The average Bonchev–Trinajstić information content (AvgIpc) is 2.64. The fourth-order valence-corrected chi connectivity index (χ4v) is 2.72. The molecule has 9 heteroatoms. The SMILES string of the molecule is COc1ccc(C(=O)NNC(=O)c2ccc(S(C)(=O)=O)cc2)cc1OC. The summed E-state index contributed by atoms with van der Waals surface area (Å²) in [5.74, 6) is -0.284. The van der Waals surface area contributed by atoms with Crippen LogP contribution in [-0.2, 0) is 9.84 Å². The van der Waals surface area contributed by atoms with Crippen LogP contribution in [-0.4, -0.2) is 40.7 Å². The molecule has 0 heterocycles. The highest BCUT2D eigenvalue weighted by Gasteiger charge is 2.13. The largest absolute Gasteiger partial charge is 0.493 e. The molecule has 26 heavy (non-hydrogen) atoms. The van der Waals surface area contributed by atoms with Crippen molar-refractivity contribution in [2.24, 2.45) is 0 Å². The number of hydrogen-bond donors (Lipinski definition) is 2. The van der Waals surface area contributed by atoms with E-state index >= 15 is 0 Å². The number of benzene rings is 2. The van der Waals surface area contributed by atoms with E-state index in [0.717, 1.165) is 6.26 Å². The zero-order valence-electron chi connectivity index (χ0n) is 14.4. The van der Waals surface area contributed by atoms with E-state index in [4.69, 9.17) is 9.47 Å². The third kappa shape index (κ3) is 4.51. The van der Waals surface area contributed by atoms with Gasteiger partial charge in [-0.05, 0) is 42.5 Å². The predicted molar refractivity (Wildman–Crippen MR) is 94.0 cm³/mol. The summed E-state index contributed by atoms with van der Waals surface area (Å²) in [5.41, 5.74) is 5.00. The minimum atomic E-state index is -3.34. The monoisotopic (exact) mass is 378 g/mol. The fourth-order valence-electron chi connectivity index (χ4n) is 2.09. The third-order valence-corrected chi connectivity index (χ3v) is 4.61. The van der Waals surface area contributed by atoms with E-state index in [-0.39, 0.29) is 16.0 Å². The van der Waals surface area contributed by atoms with E-state index in [9.17, 15) is 18.0 Å². The van der Waals surface area contributed by atoms with Gasteiger partial charge in [-0.3, -0.25) is 20.4 Å². The van der Waals surface area contributed by atoms with Gasteiger partial charge in [-0.15, -0.1) is 0 Å². The molecule has 138 valence electrons. The van der Waals surface area contributed by atoms with E-state index in [1.165, 1.54) is 50.6 Å². The Hall–Kier alpha value is -3.07. The molecule has 2 aromatic rings. The molecule has 0 fully saturated rings. The zero-order chi connectivity index (χ0) is 19.3. The zero-order valence-corrected chi connectivity index (χ0v) is 15.2. The highest BCUT2D eigenvalue weighted by molar-refractivity contribution is 7.90. The van der Waals surface area contributed by atoms with E-state index in [0.29, 0.717) is 11.5 Å². The Balaban J connectivity index is 2.04. The summed E-state index contributed by atoms with van der Waals surface area (Å²) < 4.78 is 33.0. The van der Waals surface area contributed by atoms with E-state index < -0.39 is 21.7 Å². The standard InChI is InChI=1S/C17H18N2O6S/c1-24-14-9-6-12(10-15(14)25-2)17(21)19-18-16(20)11-4-7-13(8-5-11)26(3,22)23/h4-10H,1-3H3,(H,18,20)(H,19,21). The van der Waals surface area contributed by atoms with Crippen LogP contribution in [0.15, 0.2) is 47.4 Å². The first-order chi connectivity index (χ1) is 12.3. The molecule has 0 radical (unpaired) electrons. The summed E-state index contributed by atoms with van der Waals surface area (Å²) in [6.07, 6.45) is 1.07. The molecule has 0 bridgehead atoms. The summed E-state index contributed by atoms with van der Waals surface area (Å²) in [6.45, 7) is 0. The average molecular weight is 378 g/mol. The first kappa shape index (κ1) is 19.3. The van der Waals surface area contributed by atoms with Crippen LogP contribution in [0, 0.1) is 0 Å². The lowest BCUT2D eigenvalue weighted by Crippen LogP contribution is -2.41. The molecule has 0 saturated carbocycles. The Labute approximate surface area is 151 Å². The topological polar surface area (TPSA) is 111 Å². The van der Waals surface area contributed by atoms with E-state index in [2.05, 4.69) is 10.9 Å². The smallest absolute Gasteiger partial charge is 0.269 e. The van der Waals surface area contributed by atoms with Crippen molar-refractivity contribution in [3.8, 4) is 11.5 Å². The molecule has 0 aromatic heterocycles. The van der Waals surface area contributed by atoms with E-state index in [1.54, 1.807) is 6.07 Å². The number of ether oxygens (including phenoxy) is 2. The van der Waals surface area contributed by atoms with Crippen LogP contribution in [0.1, 0.15) is 20.7 Å². The molecule has 0 aliphatic carbocycles. The van der Waals surface area contributed by atoms with Crippen LogP contribution in [0.3, 0.4) is 0 Å². The summed E-state index contributed by atoms with van der Waals surface area (Å²) in [4.78, 5) is 24.3. The number of sulfone groups is 1. The Bertz CT molecular complexity index is 923. The van der Waals surface area contributed by atoms with Crippen molar-refractivity contribution in [3.63, 3.8) is 0 Å². The lowest BCUT2D eigenvalue weighted by molar-refractivity contribution is 0.0846. The Kier molecular flexibility index (Phi) is 5.83. The molecule has 8 nitrogen and oxygen atoms in total. The molecular weight excluding hydrogens is 360 g/mol. The minimum Gasteiger partial charge on any atom is -0.493 e. The highest BCUT2D eigenvalue weighted by atomic mass is 32.2. The Morgan fingerprint density at radius 2 is 1.31 bits per heavy atom. The normalized spacial score (nSPS) is 10.7. The van der Waals surface area contributed by atoms with Gasteiger partial charge in [0.2, 0.25) is 0 Å². The molecule has 0 spiro atoms. The van der Waals surface area contributed by atoms with Crippen LogP contribution < -0.4 is 20.3 Å². The predicted octanol–water partition coefficient (Wildman–Crippen LogP) is 1.18. The second-order valence-electron chi connectivity index (χ2n) is 5.27. The number of amides is 2. The summed E-state index contributed by atoms with van der Waals surface area (Å²) in [5, 5.41) is 0. The van der Waals surface area contributed by atoms with Crippen LogP contribution >= 0.6 is 0 Å². The third-order valence-electron chi connectivity index (χ3n) is 3.48. The van der Waals surface area contributed by atoms with Gasteiger partial charge in [-0.2, -0.15) is 0 Å². The van der Waals surface area contributed by atoms with Crippen molar-refractivity contribution in [2.75, 3.05) is 20.5 Å². The second-order valence-corrected chi connectivity index (χ2v) is 7.29. The molecule has 2 rings (SSSR count). The molecule has 2 amide bonds. The van der Waals surface area contributed by atoms with Crippen LogP contribution in [0.25, 0.3) is 0 Å². The quantitative estimate of drug-likeness (QED) is 0.756. The minimum absolute atomic E-state index is 0.100. The van der Waals surface area contributed by atoms with Gasteiger partial charge >= 0.3 is 0 Å². The lowest BCUT2D eigenvalue weighted by Gasteiger charge is -2.11. The van der Waals surface area contributed by atoms with Crippen molar-refractivity contribution in [2.45, 2.75) is 4.90 Å².